The van der Waals surface area contributed by atoms with Crippen molar-refractivity contribution in [2.45, 2.75) is 89.9 Å². The molecule has 0 saturated heterocycles. The molecule has 9 rings (SSSR count). The molecule has 0 aliphatic heterocycles. The smallest absolute Gasteiger partial charge is 0.164 e. The van der Waals surface area contributed by atoms with Gasteiger partial charge in [-0.1, -0.05) is 140 Å². The summed E-state index contributed by atoms with van der Waals surface area (Å²) in [5.74, 6) is 2.14. The van der Waals surface area contributed by atoms with Crippen LogP contribution in [-0.4, -0.2) is 15.0 Å². The van der Waals surface area contributed by atoms with E-state index in [1.807, 2.05) is 0 Å². The Hall–Kier alpha value is -4.89. The zero-order chi connectivity index (χ0) is 34.8. The number of benzene rings is 5. The molecule has 0 radical (unpaired) electrons. The largest absolute Gasteiger partial charge is 0.208 e. The third-order valence-electron chi connectivity index (χ3n) is 12.4. The van der Waals surface area contributed by atoms with E-state index < -0.39 is 0 Å². The topological polar surface area (TPSA) is 38.7 Å². The predicted octanol–water partition coefficient (Wildman–Crippen LogP) is 11.8. The molecule has 6 aromatic rings. The number of hydrogen-bond donors (Lipinski definition) is 0. The van der Waals surface area contributed by atoms with Crippen molar-refractivity contribution < 1.29 is 0 Å². The van der Waals surface area contributed by atoms with E-state index >= 15 is 0 Å². The van der Waals surface area contributed by atoms with Crippen LogP contribution in [0.15, 0.2) is 103 Å². The molecule has 0 unspecified atom stereocenters. The molecule has 0 spiro atoms. The fraction of sp³-hybridized carbons (Fsp3) is 0.298. The first kappa shape index (κ1) is 31.1. The molecule has 1 heterocycles. The molecule has 1 aromatic heterocycles. The monoisotopic (exact) mass is 651 g/mol. The summed E-state index contributed by atoms with van der Waals surface area (Å²) in [5, 5.41) is 0. The van der Waals surface area contributed by atoms with E-state index in [1.165, 1.54) is 62.1 Å². The van der Waals surface area contributed by atoms with E-state index in [1.54, 1.807) is 0 Å². The Balaban J connectivity index is 1.24. The first-order valence-corrected chi connectivity index (χ1v) is 18.2. The summed E-state index contributed by atoms with van der Waals surface area (Å²) >= 11 is 0. The first-order valence-electron chi connectivity index (χ1n) is 18.2. The number of fused-ring (bicyclic) bond motifs is 7. The second kappa shape index (κ2) is 10.3. The maximum absolute atomic E-state index is 5.27. The highest BCUT2D eigenvalue weighted by Crippen LogP contribution is 2.51. The standard InChI is InChI=1S/C47H45N3/c1-44(2)23-24-45(3,4)40-27-30(19-22-37(40)44)43-49-41(28-17-20-33-31-13-9-11-15-35(31)46(5,6)38(33)25-28)48-42(50-43)29-18-21-34-32-14-10-12-16-36(32)47(7,8)39(34)26-29/h9-22,25-27H,23-24H2,1-8H3. The van der Waals surface area contributed by atoms with Gasteiger partial charge in [0.1, 0.15) is 0 Å². The predicted molar refractivity (Wildman–Crippen MR) is 207 cm³/mol. The summed E-state index contributed by atoms with van der Waals surface area (Å²) in [5.41, 5.74) is 16.5. The second-order valence-electron chi connectivity index (χ2n) is 17.2. The van der Waals surface area contributed by atoms with Gasteiger partial charge in [0.05, 0.1) is 0 Å². The lowest BCUT2D eigenvalue weighted by Crippen LogP contribution is -2.33. The Bertz CT molecular complexity index is 2260. The van der Waals surface area contributed by atoms with Gasteiger partial charge in [0.25, 0.3) is 0 Å². The fourth-order valence-corrected chi connectivity index (χ4v) is 9.18. The molecule has 5 aromatic carbocycles. The number of aromatic nitrogens is 3. The van der Waals surface area contributed by atoms with E-state index in [-0.39, 0.29) is 21.7 Å². The average molecular weight is 652 g/mol. The zero-order valence-corrected chi connectivity index (χ0v) is 30.6. The molecule has 3 aliphatic rings. The number of hydrogen-bond acceptors (Lipinski definition) is 3. The van der Waals surface area contributed by atoms with Crippen molar-refractivity contribution in [3.8, 4) is 56.4 Å². The zero-order valence-electron chi connectivity index (χ0n) is 30.6. The second-order valence-corrected chi connectivity index (χ2v) is 17.2. The highest BCUT2D eigenvalue weighted by Gasteiger charge is 2.39. The maximum atomic E-state index is 5.27. The van der Waals surface area contributed by atoms with Gasteiger partial charge in [0.15, 0.2) is 17.5 Å². The van der Waals surface area contributed by atoms with Crippen LogP contribution in [0, 0.1) is 0 Å². The Labute approximate surface area is 296 Å². The molecule has 0 atom stereocenters. The molecule has 0 saturated carbocycles. The summed E-state index contributed by atoms with van der Waals surface area (Å²) in [6.07, 6.45) is 2.34. The minimum atomic E-state index is -0.113. The van der Waals surface area contributed by atoms with Crippen molar-refractivity contribution in [3.05, 3.63) is 137 Å². The lowest BCUT2D eigenvalue weighted by atomic mass is 9.63. The molecule has 50 heavy (non-hydrogen) atoms. The van der Waals surface area contributed by atoms with Gasteiger partial charge in [-0.3, -0.25) is 0 Å². The highest BCUT2D eigenvalue weighted by atomic mass is 15.0. The van der Waals surface area contributed by atoms with E-state index in [9.17, 15) is 0 Å². The summed E-state index contributed by atoms with van der Waals surface area (Å²) in [7, 11) is 0. The van der Waals surface area contributed by atoms with Crippen LogP contribution in [0.3, 0.4) is 0 Å². The molecule has 0 bridgehead atoms. The normalized spacial score (nSPS) is 18.1. The molecular formula is C47H45N3. The average Bonchev–Trinajstić information content (AvgIpc) is 3.49. The van der Waals surface area contributed by atoms with E-state index in [0.717, 1.165) is 28.9 Å². The molecule has 248 valence electrons. The lowest BCUT2D eigenvalue weighted by molar-refractivity contribution is 0.332. The van der Waals surface area contributed by atoms with Gasteiger partial charge >= 0.3 is 0 Å². The van der Waals surface area contributed by atoms with E-state index in [0.29, 0.717) is 11.6 Å². The van der Waals surface area contributed by atoms with Gasteiger partial charge in [0.2, 0.25) is 0 Å². The first-order chi connectivity index (χ1) is 23.8. The molecule has 0 N–H and O–H groups in total. The van der Waals surface area contributed by atoms with Crippen LogP contribution in [0.25, 0.3) is 56.4 Å². The van der Waals surface area contributed by atoms with Gasteiger partial charge < -0.3 is 0 Å². The molecule has 3 heteroatoms. The Morgan fingerprint density at radius 2 is 0.720 bits per heavy atom. The van der Waals surface area contributed by atoms with Crippen LogP contribution in [0.1, 0.15) is 102 Å². The highest BCUT2D eigenvalue weighted by molar-refractivity contribution is 5.85. The third kappa shape index (κ3) is 4.45. The molecule has 0 fully saturated rings. The van der Waals surface area contributed by atoms with Crippen LogP contribution >= 0.6 is 0 Å². The molecule has 3 nitrogen and oxygen atoms in total. The Morgan fingerprint density at radius 1 is 0.360 bits per heavy atom. The van der Waals surface area contributed by atoms with Gasteiger partial charge in [-0.25, -0.2) is 15.0 Å². The van der Waals surface area contributed by atoms with Crippen molar-refractivity contribution in [2.75, 3.05) is 0 Å². The van der Waals surface area contributed by atoms with Crippen molar-refractivity contribution in [1.29, 1.82) is 0 Å². The minimum absolute atomic E-state index is 0.0840. The SMILES string of the molecule is CC1(C)CCC(C)(C)c2cc(-c3nc(-c4ccc5c(c4)C(C)(C)c4ccccc4-5)nc(-c4ccc5c(c4)C(C)(C)c4ccccc4-5)n3)ccc21. The summed E-state index contributed by atoms with van der Waals surface area (Å²) < 4.78 is 0. The van der Waals surface area contributed by atoms with Crippen LogP contribution in [0.5, 0.6) is 0 Å². The van der Waals surface area contributed by atoms with Crippen molar-refractivity contribution in [1.82, 2.24) is 15.0 Å². The van der Waals surface area contributed by atoms with Crippen molar-refractivity contribution in [3.63, 3.8) is 0 Å². The summed E-state index contributed by atoms with van der Waals surface area (Å²) in [6.45, 7) is 18.8. The Morgan fingerprint density at radius 3 is 1.18 bits per heavy atom. The molecule has 3 aliphatic carbocycles. The van der Waals surface area contributed by atoms with Gasteiger partial charge in [-0.05, 0) is 97.5 Å². The fourth-order valence-electron chi connectivity index (χ4n) is 9.18. The van der Waals surface area contributed by atoms with Crippen LogP contribution in [0.4, 0.5) is 0 Å². The van der Waals surface area contributed by atoms with Crippen molar-refractivity contribution in [2.24, 2.45) is 0 Å². The van der Waals surface area contributed by atoms with Crippen LogP contribution < -0.4 is 0 Å². The van der Waals surface area contributed by atoms with Crippen LogP contribution in [0.2, 0.25) is 0 Å². The van der Waals surface area contributed by atoms with E-state index in [4.69, 9.17) is 15.0 Å². The molecular weight excluding hydrogens is 607 g/mol. The third-order valence-corrected chi connectivity index (χ3v) is 12.4. The van der Waals surface area contributed by atoms with Gasteiger partial charge in [-0.2, -0.15) is 0 Å². The lowest BCUT2D eigenvalue weighted by Gasteiger charge is -2.42. The quantitative estimate of drug-likeness (QED) is 0.191. The minimum Gasteiger partial charge on any atom is -0.208 e. The summed E-state index contributed by atoms with van der Waals surface area (Å²) in [6, 6.07) is 38.1. The van der Waals surface area contributed by atoms with E-state index in [2.05, 4.69) is 159 Å². The Kier molecular flexibility index (Phi) is 6.42. The van der Waals surface area contributed by atoms with Crippen LogP contribution in [-0.2, 0) is 21.7 Å². The molecule has 0 amide bonds. The van der Waals surface area contributed by atoms with Gasteiger partial charge in [-0.15, -0.1) is 0 Å². The summed E-state index contributed by atoms with van der Waals surface area (Å²) in [4.78, 5) is 15.8. The maximum Gasteiger partial charge on any atom is 0.164 e. The van der Waals surface area contributed by atoms with Gasteiger partial charge in [0, 0.05) is 27.5 Å². The number of rotatable bonds is 3. The van der Waals surface area contributed by atoms with Crippen molar-refractivity contribution >= 4 is 0 Å². The number of nitrogens with zero attached hydrogens (tertiary/aromatic N) is 3.